The van der Waals surface area contributed by atoms with Crippen LogP contribution in [0, 0.1) is 0 Å². The van der Waals surface area contributed by atoms with E-state index < -0.39 is 11.5 Å². The van der Waals surface area contributed by atoms with Gasteiger partial charge in [0.2, 0.25) is 0 Å². The number of rotatable bonds is 4. The molecule has 1 N–H and O–H groups in total. The van der Waals surface area contributed by atoms with E-state index in [-0.39, 0.29) is 5.56 Å². The number of aromatic nitrogens is 1. The number of fused-ring (bicyclic) bond motifs is 1. The van der Waals surface area contributed by atoms with Crippen molar-refractivity contribution in [3.8, 4) is 0 Å². The van der Waals surface area contributed by atoms with Crippen molar-refractivity contribution < 1.29 is 9.21 Å². The third-order valence-electron chi connectivity index (χ3n) is 4.49. The number of para-hydroxylation sites is 1. The molecule has 1 saturated heterocycles. The molecule has 0 atom stereocenters. The van der Waals surface area contributed by atoms with Gasteiger partial charge in [-0.15, -0.1) is 11.3 Å². The van der Waals surface area contributed by atoms with Crippen LogP contribution in [0.15, 0.2) is 44.9 Å². The Morgan fingerprint density at radius 3 is 2.88 bits per heavy atom. The van der Waals surface area contributed by atoms with Crippen molar-refractivity contribution in [1.82, 2.24) is 9.88 Å². The molecule has 6 nitrogen and oxygen atoms in total. The van der Waals surface area contributed by atoms with Crippen LogP contribution in [-0.4, -0.2) is 28.9 Å². The lowest BCUT2D eigenvalue weighted by Crippen LogP contribution is -2.29. The van der Waals surface area contributed by atoms with Gasteiger partial charge in [-0.25, -0.2) is 9.78 Å². The molecule has 0 radical (unpaired) electrons. The monoisotopic (exact) mass is 369 g/mol. The molecule has 0 aliphatic carbocycles. The van der Waals surface area contributed by atoms with Crippen LogP contribution < -0.4 is 10.9 Å². The van der Waals surface area contributed by atoms with Gasteiger partial charge in [0.05, 0.1) is 5.69 Å². The minimum Gasteiger partial charge on any atom is -0.422 e. The van der Waals surface area contributed by atoms with Crippen molar-refractivity contribution >= 4 is 33.3 Å². The zero-order valence-corrected chi connectivity index (χ0v) is 15.1. The molecule has 3 heterocycles. The Kier molecular flexibility index (Phi) is 4.81. The molecule has 3 aromatic rings. The van der Waals surface area contributed by atoms with Gasteiger partial charge < -0.3 is 4.42 Å². The second kappa shape index (κ2) is 7.39. The molecule has 0 saturated carbocycles. The van der Waals surface area contributed by atoms with Gasteiger partial charge in [-0.1, -0.05) is 24.6 Å². The lowest BCUT2D eigenvalue weighted by molar-refractivity contribution is 0.102. The number of piperidine rings is 1. The number of thiazole rings is 1. The van der Waals surface area contributed by atoms with E-state index in [9.17, 15) is 9.59 Å². The summed E-state index contributed by atoms with van der Waals surface area (Å²) in [5.41, 5.74) is 0.743. The van der Waals surface area contributed by atoms with Gasteiger partial charge in [-0.3, -0.25) is 15.0 Å². The highest BCUT2D eigenvalue weighted by Crippen LogP contribution is 2.20. The van der Waals surface area contributed by atoms with Gasteiger partial charge in [-0.05, 0) is 38.1 Å². The summed E-state index contributed by atoms with van der Waals surface area (Å²) < 4.78 is 5.22. The van der Waals surface area contributed by atoms with Gasteiger partial charge >= 0.3 is 5.63 Å². The number of hydrogen-bond acceptors (Lipinski definition) is 6. The maximum Gasteiger partial charge on any atom is 0.349 e. The summed E-state index contributed by atoms with van der Waals surface area (Å²) in [5.74, 6) is -0.497. The molecule has 1 aliphatic rings. The van der Waals surface area contributed by atoms with Crippen LogP contribution in [0.4, 0.5) is 5.13 Å². The summed E-state index contributed by atoms with van der Waals surface area (Å²) in [6, 6.07) is 8.67. The Labute approximate surface area is 154 Å². The fourth-order valence-electron chi connectivity index (χ4n) is 3.17. The summed E-state index contributed by atoms with van der Waals surface area (Å²) in [7, 11) is 0. The molecule has 2 aromatic heterocycles. The molecule has 1 fully saturated rings. The van der Waals surface area contributed by atoms with Gasteiger partial charge in [0.15, 0.2) is 5.13 Å². The second-order valence-corrected chi connectivity index (χ2v) is 7.28. The first-order valence-electron chi connectivity index (χ1n) is 8.70. The van der Waals surface area contributed by atoms with E-state index in [1.165, 1.54) is 30.6 Å². The molecule has 134 valence electrons. The zero-order chi connectivity index (χ0) is 17.9. The topological polar surface area (TPSA) is 75.4 Å². The van der Waals surface area contributed by atoms with E-state index in [1.807, 2.05) is 11.4 Å². The maximum absolute atomic E-state index is 12.5. The van der Waals surface area contributed by atoms with Gasteiger partial charge in [0.1, 0.15) is 11.1 Å². The number of nitrogens with one attached hydrogen (secondary N) is 1. The first-order valence-corrected chi connectivity index (χ1v) is 9.58. The Balaban J connectivity index is 1.48. The number of nitrogens with zero attached hydrogens (tertiary/aromatic N) is 2. The number of amides is 1. The van der Waals surface area contributed by atoms with Crippen molar-refractivity contribution in [3.63, 3.8) is 0 Å². The van der Waals surface area contributed by atoms with Crippen LogP contribution in [0.1, 0.15) is 35.3 Å². The first kappa shape index (κ1) is 16.9. The van der Waals surface area contributed by atoms with Crippen LogP contribution in [0.2, 0.25) is 0 Å². The Hall–Kier alpha value is -2.51. The summed E-state index contributed by atoms with van der Waals surface area (Å²) in [6.07, 6.45) is 3.75. The van der Waals surface area contributed by atoms with E-state index in [2.05, 4.69) is 15.2 Å². The van der Waals surface area contributed by atoms with Crippen molar-refractivity contribution in [2.75, 3.05) is 18.4 Å². The molecule has 1 aliphatic heterocycles. The van der Waals surface area contributed by atoms with E-state index in [1.54, 1.807) is 24.3 Å². The first-order chi connectivity index (χ1) is 12.7. The molecule has 7 heteroatoms. The quantitative estimate of drug-likeness (QED) is 0.713. The minimum absolute atomic E-state index is 0.0171. The van der Waals surface area contributed by atoms with Crippen molar-refractivity contribution in [3.05, 3.63) is 57.4 Å². The number of carbonyl (C=O) groups is 1. The molecule has 0 spiro atoms. The molecule has 0 unspecified atom stereocenters. The molecule has 26 heavy (non-hydrogen) atoms. The van der Waals surface area contributed by atoms with Crippen molar-refractivity contribution in [1.29, 1.82) is 0 Å². The standard InChI is InChI=1S/C19H19N3O3S/c23-17(15-10-13-6-2-3-7-16(13)25-18(15)24)21-19-20-14(12-26-19)11-22-8-4-1-5-9-22/h2-3,6-7,10,12H,1,4-5,8-9,11H2,(H,20,21,23). The largest absolute Gasteiger partial charge is 0.422 e. The van der Waals surface area contributed by atoms with Gasteiger partial charge in [-0.2, -0.15) is 0 Å². The molecule has 0 bridgehead atoms. The lowest BCUT2D eigenvalue weighted by atomic mass is 10.1. The van der Waals surface area contributed by atoms with E-state index in [0.717, 1.165) is 25.3 Å². The maximum atomic E-state index is 12.5. The second-order valence-electron chi connectivity index (χ2n) is 6.42. The SMILES string of the molecule is O=C(Nc1nc(CN2CCCCC2)cs1)c1cc2ccccc2oc1=O. The van der Waals surface area contributed by atoms with Crippen molar-refractivity contribution in [2.24, 2.45) is 0 Å². The van der Waals surface area contributed by atoms with Gasteiger partial charge in [0, 0.05) is 17.3 Å². The number of likely N-dealkylation sites (tertiary alicyclic amines) is 1. The summed E-state index contributed by atoms with van der Waals surface area (Å²) >= 11 is 1.37. The predicted molar refractivity (Wildman–Crippen MR) is 102 cm³/mol. The average Bonchev–Trinajstić information content (AvgIpc) is 3.08. The third kappa shape index (κ3) is 3.68. The fraction of sp³-hybridized carbons (Fsp3) is 0.316. The number of hydrogen-bond donors (Lipinski definition) is 1. The molecular weight excluding hydrogens is 350 g/mol. The van der Waals surface area contributed by atoms with Crippen LogP contribution >= 0.6 is 11.3 Å². The number of anilines is 1. The predicted octanol–water partition coefficient (Wildman–Crippen LogP) is 3.49. The van der Waals surface area contributed by atoms with Gasteiger partial charge in [0.25, 0.3) is 5.91 Å². The molecule has 4 rings (SSSR count). The smallest absolute Gasteiger partial charge is 0.349 e. The lowest BCUT2D eigenvalue weighted by Gasteiger charge is -2.25. The van der Waals surface area contributed by atoms with Crippen LogP contribution in [0.5, 0.6) is 0 Å². The number of carbonyl (C=O) groups excluding carboxylic acids is 1. The number of benzene rings is 1. The van der Waals surface area contributed by atoms with E-state index in [4.69, 9.17) is 4.42 Å². The zero-order valence-electron chi connectivity index (χ0n) is 14.2. The molecular formula is C19H19N3O3S. The highest BCUT2D eigenvalue weighted by Gasteiger charge is 2.16. The fourth-order valence-corrected chi connectivity index (χ4v) is 3.86. The van der Waals surface area contributed by atoms with E-state index in [0.29, 0.717) is 16.1 Å². The van der Waals surface area contributed by atoms with E-state index >= 15 is 0 Å². The molecule has 1 amide bonds. The molecule has 1 aromatic carbocycles. The van der Waals surface area contributed by atoms with Crippen molar-refractivity contribution in [2.45, 2.75) is 25.8 Å². The summed E-state index contributed by atoms with van der Waals surface area (Å²) in [5, 5.41) is 5.87. The highest BCUT2D eigenvalue weighted by atomic mass is 32.1. The van der Waals surface area contributed by atoms with Crippen LogP contribution in [-0.2, 0) is 6.54 Å². The van der Waals surface area contributed by atoms with Crippen LogP contribution in [0.3, 0.4) is 0 Å². The Morgan fingerprint density at radius 2 is 2.04 bits per heavy atom. The Bertz CT molecular complexity index is 989. The normalized spacial score (nSPS) is 15.2. The highest BCUT2D eigenvalue weighted by molar-refractivity contribution is 7.13. The minimum atomic E-state index is -0.647. The summed E-state index contributed by atoms with van der Waals surface area (Å²) in [6.45, 7) is 2.99. The third-order valence-corrected chi connectivity index (χ3v) is 5.30. The Morgan fingerprint density at radius 1 is 1.23 bits per heavy atom. The average molecular weight is 369 g/mol. The van der Waals surface area contributed by atoms with Crippen LogP contribution in [0.25, 0.3) is 11.0 Å². The summed E-state index contributed by atoms with van der Waals surface area (Å²) in [4.78, 5) is 31.4.